The topological polar surface area (TPSA) is 51.5 Å². The molecule has 1 aromatic heterocycles. The number of carbonyl (C=O) groups excluding carboxylic acids is 1. The molecule has 0 bridgehead atoms. The Balaban J connectivity index is 1.67. The number of nitrogens with one attached hydrogen (secondary N) is 1. The van der Waals surface area contributed by atoms with E-state index in [1.54, 1.807) is 12.1 Å². The molecule has 0 fully saturated rings. The second-order valence-corrected chi connectivity index (χ2v) is 6.55. The fourth-order valence-corrected chi connectivity index (χ4v) is 2.80. The van der Waals surface area contributed by atoms with Gasteiger partial charge in [0.05, 0.1) is 0 Å². The smallest absolute Gasteiger partial charge is 0.291 e. The zero-order valence-corrected chi connectivity index (χ0v) is 15.6. The van der Waals surface area contributed by atoms with E-state index in [2.05, 4.69) is 5.32 Å². The fraction of sp³-hybridized carbons (Fsp3) is 0.227. The SMILES string of the molecule is Cc1ccc(C)c(NC(=O)c2ccc(COc3c(C)cccc3C)o2)c1. The minimum absolute atomic E-state index is 0.267. The highest BCUT2D eigenvalue weighted by molar-refractivity contribution is 6.02. The molecule has 4 heteroatoms. The highest BCUT2D eigenvalue weighted by atomic mass is 16.5. The number of anilines is 1. The van der Waals surface area contributed by atoms with E-state index in [-0.39, 0.29) is 18.3 Å². The van der Waals surface area contributed by atoms with E-state index >= 15 is 0 Å². The summed E-state index contributed by atoms with van der Waals surface area (Å²) >= 11 is 0. The lowest BCUT2D eigenvalue weighted by atomic mass is 10.1. The third-order valence-corrected chi connectivity index (χ3v) is 4.29. The van der Waals surface area contributed by atoms with Crippen LogP contribution in [0.3, 0.4) is 0 Å². The van der Waals surface area contributed by atoms with Crippen LogP contribution in [0.2, 0.25) is 0 Å². The number of hydrogen-bond donors (Lipinski definition) is 1. The number of furan rings is 1. The molecule has 0 saturated carbocycles. The molecule has 0 aliphatic carbocycles. The number of carbonyl (C=O) groups is 1. The standard InChI is InChI=1S/C22H23NO3/c1-14-8-9-15(2)19(12-14)23-22(24)20-11-10-18(26-20)13-25-21-16(3)6-5-7-17(21)4/h5-12H,13H2,1-4H3,(H,23,24). The summed E-state index contributed by atoms with van der Waals surface area (Å²) in [6, 6.07) is 15.4. The van der Waals surface area contributed by atoms with Crippen molar-refractivity contribution in [3.05, 3.63) is 82.3 Å². The van der Waals surface area contributed by atoms with Crippen LogP contribution in [-0.4, -0.2) is 5.91 Å². The number of hydrogen-bond acceptors (Lipinski definition) is 3. The van der Waals surface area contributed by atoms with Crippen molar-refractivity contribution in [1.82, 2.24) is 0 Å². The van der Waals surface area contributed by atoms with Gasteiger partial charge in [0.2, 0.25) is 0 Å². The van der Waals surface area contributed by atoms with E-state index in [0.29, 0.717) is 5.76 Å². The molecule has 26 heavy (non-hydrogen) atoms. The molecule has 0 saturated heterocycles. The van der Waals surface area contributed by atoms with E-state index < -0.39 is 0 Å². The van der Waals surface area contributed by atoms with Crippen LogP contribution >= 0.6 is 0 Å². The molecule has 4 nitrogen and oxygen atoms in total. The molecular weight excluding hydrogens is 326 g/mol. The molecule has 0 aliphatic heterocycles. The maximum Gasteiger partial charge on any atom is 0.291 e. The van der Waals surface area contributed by atoms with Crippen molar-refractivity contribution in [1.29, 1.82) is 0 Å². The quantitative estimate of drug-likeness (QED) is 0.676. The third-order valence-electron chi connectivity index (χ3n) is 4.29. The molecular formula is C22H23NO3. The monoisotopic (exact) mass is 349 g/mol. The van der Waals surface area contributed by atoms with Crippen molar-refractivity contribution in [3.63, 3.8) is 0 Å². The minimum atomic E-state index is -0.267. The molecule has 0 radical (unpaired) electrons. The van der Waals surface area contributed by atoms with Crippen LogP contribution in [0.25, 0.3) is 0 Å². The summed E-state index contributed by atoms with van der Waals surface area (Å²) < 4.78 is 11.5. The van der Waals surface area contributed by atoms with Gasteiger partial charge in [0.25, 0.3) is 5.91 Å². The van der Waals surface area contributed by atoms with E-state index in [1.807, 2.05) is 64.1 Å². The number of ether oxygens (including phenoxy) is 1. The Hall–Kier alpha value is -3.01. The van der Waals surface area contributed by atoms with Gasteiger partial charge >= 0.3 is 0 Å². The summed E-state index contributed by atoms with van der Waals surface area (Å²) in [5.41, 5.74) is 5.04. The molecule has 1 heterocycles. The molecule has 0 atom stereocenters. The molecule has 1 N–H and O–H groups in total. The second-order valence-electron chi connectivity index (χ2n) is 6.55. The van der Waals surface area contributed by atoms with Crippen molar-refractivity contribution in [2.75, 3.05) is 5.32 Å². The molecule has 0 spiro atoms. The van der Waals surface area contributed by atoms with Crippen molar-refractivity contribution < 1.29 is 13.9 Å². The minimum Gasteiger partial charge on any atom is -0.485 e. The van der Waals surface area contributed by atoms with Crippen LogP contribution in [0.5, 0.6) is 5.75 Å². The highest BCUT2D eigenvalue weighted by Gasteiger charge is 2.13. The van der Waals surface area contributed by atoms with Gasteiger partial charge in [-0.15, -0.1) is 0 Å². The highest BCUT2D eigenvalue weighted by Crippen LogP contribution is 2.24. The molecule has 1 amide bonds. The zero-order valence-electron chi connectivity index (χ0n) is 15.6. The van der Waals surface area contributed by atoms with Crippen molar-refractivity contribution in [3.8, 4) is 5.75 Å². The molecule has 134 valence electrons. The van der Waals surface area contributed by atoms with E-state index in [0.717, 1.165) is 33.7 Å². The van der Waals surface area contributed by atoms with Gasteiger partial charge < -0.3 is 14.5 Å². The third kappa shape index (κ3) is 3.97. The van der Waals surface area contributed by atoms with E-state index in [4.69, 9.17) is 9.15 Å². The summed E-state index contributed by atoms with van der Waals surface area (Å²) in [7, 11) is 0. The lowest BCUT2D eigenvalue weighted by Crippen LogP contribution is -2.12. The van der Waals surface area contributed by atoms with Gasteiger partial charge in [0.1, 0.15) is 18.1 Å². The molecule has 3 aromatic rings. The van der Waals surface area contributed by atoms with Gasteiger partial charge in [0, 0.05) is 5.69 Å². The van der Waals surface area contributed by atoms with Crippen LogP contribution in [-0.2, 0) is 6.61 Å². The number of benzene rings is 2. The first-order chi connectivity index (χ1) is 12.4. The summed E-state index contributed by atoms with van der Waals surface area (Å²) in [6.07, 6.45) is 0. The van der Waals surface area contributed by atoms with E-state index in [9.17, 15) is 4.79 Å². The molecule has 0 aliphatic rings. The van der Waals surface area contributed by atoms with Crippen LogP contribution < -0.4 is 10.1 Å². The van der Waals surface area contributed by atoms with Gasteiger partial charge in [-0.2, -0.15) is 0 Å². The first-order valence-electron chi connectivity index (χ1n) is 8.60. The van der Waals surface area contributed by atoms with Crippen LogP contribution in [0.15, 0.2) is 52.9 Å². The van der Waals surface area contributed by atoms with Gasteiger partial charge in [-0.1, -0.05) is 30.3 Å². The second kappa shape index (κ2) is 7.48. The zero-order chi connectivity index (χ0) is 18.7. The lowest BCUT2D eigenvalue weighted by Gasteiger charge is -2.10. The largest absolute Gasteiger partial charge is 0.485 e. The predicted octanol–water partition coefficient (Wildman–Crippen LogP) is 5.34. The summed E-state index contributed by atoms with van der Waals surface area (Å²) in [4.78, 5) is 12.4. The van der Waals surface area contributed by atoms with Crippen LogP contribution in [0.4, 0.5) is 5.69 Å². The Morgan fingerprint density at radius 1 is 0.962 bits per heavy atom. The molecule has 3 rings (SSSR count). The van der Waals surface area contributed by atoms with Crippen molar-refractivity contribution >= 4 is 11.6 Å². The van der Waals surface area contributed by atoms with Gasteiger partial charge in [0.15, 0.2) is 5.76 Å². The van der Waals surface area contributed by atoms with Crippen LogP contribution in [0.1, 0.15) is 38.6 Å². The maximum absolute atomic E-state index is 12.4. The van der Waals surface area contributed by atoms with Crippen molar-refractivity contribution in [2.24, 2.45) is 0 Å². The average Bonchev–Trinajstić information content (AvgIpc) is 3.07. The van der Waals surface area contributed by atoms with E-state index in [1.165, 1.54) is 0 Å². The van der Waals surface area contributed by atoms with Gasteiger partial charge in [-0.05, 0) is 68.1 Å². The summed E-state index contributed by atoms with van der Waals surface area (Å²) in [5, 5.41) is 2.90. The first-order valence-corrected chi connectivity index (χ1v) is 8.60. The van der Waals surface area contributed by atoms with Crippen molar-refractivity contribution in [2.45, 2.75) is 34.3 Å². The summed E-state index contributed by atoms with van der Waals surface area (Å²) in [6.45, 7) is 8.25. The number of para-hydroxylation sites is 1. The lowest BCUT2D eigenvalue weighted by molar-refractivity contribution is 0.0992. The predicted molar refractivity (Wildman–Crippen MR) is 103 cm³/mol. The Kier molecular flexibility index (Phi) is 5.12. The molecule has 2 aromatic carbocycles. The Labute approximate surface area is 153 Å². The number of amides is 1. The Morgan fingerprint density at radius 2 is 1.69 bits per heavy atom. The maximum atomic E-state index is 12.4. The Morgan fingerprint density at radius 3 is 2.42 bits per heavy atom. The average molecular weight is 349 g/mol. The first kappa shape index (κ1) is 17.8. The van der Waals surface area contributed by atoms with Crippen LogP contribution in [0, 0.1) is 27.7 Å². The van der Waals surface area contributed by atoms with Gasteiger partial charge in [-0.3, -0.25) is 4.79 Å². The Bertz CT molecular complexity index is 920. The summed E-state index contributed by atoms with van der Waals surface area (Å²) in [5.74, 6) is 1.46. The number of rotatable bonds is 5. The normalized spacial score (nSPS) is 10.6. The van der Waals surface area contributed by atoms with Gasteiger partial charge in [-0.25, -0.2) is 0 Å². The number of aryl methyl sites for hydroxylation is 4. The fourth-order valence-electron chi connectivity index (χ4n) is 2.80. The molecule has 0 unspecified atom stereocenters.